The highest BCUT2D eigenvalue weighted by molar-refractivity contribution is 5.89. The zero-order valence-corrected chi connectivity index (χ0v) is 31.1. The molecule has 0 atom stereocenters. The summed E-state index contributed by atoms with van der Waals surface area (Å²) in [6.45, 7) is 0. The molecule has 2 aliphatic rings. The molecular formula is C56H39N. The molecule has 0 bridgehead atoms. The number of fused-ring (bicyclic) bond motifs is 6. The first-order valence-electron chi connectivity index (χ1n) is 21.9. The second-order valence-corrected chi connectivity index (χ2v) is 14.8. The van der Waals surface area contributed by atoms with Gasteiger partial charge in [0.25, 0.3) is 0 Å². The molecule has 0 saturated heterocycles. The molecule has 0 heterocycles. The molecule has 9 aromatic carbocycles. The predicted octanol–water partition coefficient (Wildman–Crippen LogP) is 13.9. The highest BCUT2D eigenvalue weighted by Gasteiger charge is 2.47. The molecule has 1 nitrogen and oxygen atoms in total. The number of hydrogen-bond donors (Lipinski definition) is 0. The van der Waals surface area contributed by atoms with Crippen LogP contribution in [0.1, 0.15) is 51.4 Å². The minimum atomic E-state index is -0.716. The van der Waals surface area contributed by atoms with Crippen molar-refractivity contribution in [1.29, 1.82) is 0 Å². The van der Waals surface area contributed by atoms with Gasteiger partial charge in [0.2, 0.25) is 0 Å². The molecule has 0 unspecified atom stereocenters. The third kappa shape index (κ3) is 4.82. The van der Waals surface area contributed by atoms with Gasteiger partial charge in [-0.1, -0.05) is 200 Å². The Morgan fingerprint density at radius 3 is 1.02 bits per heavy atom. The van der Waals surface area contributed by atoms with Crippen molar-refractivity contribution in [2.45, 2.75) is 10.8 Å². The smallest absolute Gasteiger partial charge is 0.0714 e. The molecule has 0 fully saturated rings. The van der Waals surface area contributed by atoms with Crippen molar-refractivity contribution >= 4 is 17.1 Å². The number of hydrogen-bond acceptors (Lipinski definition) is 1. The normalized spacial score (nSPS) is 15.1. The molecule has 2 aliphatic carbocycles. The van der Waals surface area contributed by atoms with Crippen LogP contribution in [-0.4, -0.2) is 0 Å². The minimum absolute atomic E-state index is 0.0762. The SMILES string of the molecule is [2H]c1c([2H])c([2H])c(N(c2cccc(C3(c4ccccc4)c4ccccc4-c4ccccc43)c2)c2cccc(C3(c4ccccc4)c4ccccc4-c4ccccc43)c2)c([2H])c1[2H]. The van der Waals surface area contributed by atoms with Crippen LogP contribution < -0.4 is 4.90 Å². The van der Waals surface area contributed by atoms with E-state index >= 15 is 0 Å². The zero-order chi connectivity index (χ0) is 42.2. The van der Waals surface area contributed by atoms with E-state index in [4.69, 9.17) is 4.11 Å². The maximum Gasteiger partial charge on any atom is 0.0714 e. The predicted molar refractivity (Wildman–Crippen MR) is 236 cm³/mol. The number of rotatable bonds is 7. The Bertz CT molecular complexity index is 2910. The zero-order valence-electron chi connectivity index (χ0n) is 36.1. The summed E-state index contributed by atoms with van der Waals surface area (Å²) < 4.78 is 45.2. The van der Waals surface area contributed by atoms with Gasteiger partial charge in [-0.05, 0) is 103 Å². The average Bonchev–Trinajstić information content (AvgIpc) is 3.81. The van der Waals surface area contributed by atoms with Crippen molar-refractivity contribution in [1.82, 2.24) is 0 Å². The first kappa shape index (κ1) is 28.2. The van der Waals surface area contributed by atoms with E-state index in [0.717, 1.165) is 66.8 Å². The van der Waals surface area contributed by atoms with Gasteiger partial charge in [0.05, 0.1) is 17.7 Å². The van der Waals surface area contributed by atoms with Crippen LogP contribution in [0.2, 0.25) is 0 Å². The Hall–Kier alpha value is -7.22. The molecule has 0 aliphatic heterocycles. The molecule has 0 spiro atoms. The molecule has 0 aromatic heterocycles. The van der Waals surface area contributed by atoms with Crippen molar-refractivity contribution in [3.8, 4) is 22.3 Å². The van der Waals surface area contributed by atoms with E-state index in [1.165, 1.54) is 0 Å². The van der Waals surface area contributed by atoms with Gasteiger partial charge < -0.3 is 4.90 Å². The highest BCUT2D eigenvalue weighted by Crippen LogP contribution is 2.58. The number of anilines is 3. The van der Waals surface area contributed by atoms with Crippen LogP contribution >= 0.6 is 0 Å². The van der Waals surface area contributed by atoms with Crippen LogP contribution in [0.25, 0.3) is 22.3 Å². The fraction of sp³-hybridized carbons (Fsp3) is 0.0357. The minimum Gasteiger partial charge on any atom is -0.310 e. The van der Waals surface area contributed by atoms with Gasteiger partial charge in [-0.15, -0.1) is 0 Å². The van der Waals surface area contributed by atoms with Gasteiger partial charge in [0.1, 0.15) is 0 Å². The highest BCUT2D eigenvalue weighted by atomic mass is 15.1. The van der Waals surface area contributed by atoms with Crippen LogP contribution in [0, 0.1) is 0 Å². The lowest BCUT2D eigenvalue weighted by Crippen LogP contribution is -2.29. The summed E-state index contributed by atoms with van der Waals surface area (Å²) in [7, 11) is 0. The third-order valence-corrected chi connectivity index (χ3v) is 12.1. The van der Waals surface area contributed by atoms with Crippen LogP contribution in [0.3, 0.4) is 0 Å². The first-order valence-corrected chi connectivity index (χ1v) is 19.4. The largest absolute Gasteiger partial charge is 0.310 e. The Labute approximate surface area is 341 Å². The third-order valence-electron chi connectivity index (χ3n) is 12.1. The summed E-state index contributed by atoms with van der Waals surface area (Å²) in [5, 5.41) is 0. The van der Waals surface area contributed by atoms with E-state index < -0.39 is 29.0 Å². The lowest BCUT2D eigenvalue weighted by molar-refractivity contribution is 0.767. The van der Waals surface area contributed by atoms with Crippen LogP contribution in [0.4, 0.5) is 17.1 Å². The van der Waals surface area contributed by atoms with Gasteiger partial charge in [-0.25, -0.2) is 0 Å². The molecule has 0 saturated carbocycles. The van der Waals surface area contributed by atoms with Gasteiger partial charge in [-0.3, -0.25) is 0 Å². The molecule has 1 heteroatoms. The standard InChI is InChI=1S/C56H39N/c1-4-20-40(21-5-1)55(51-34-14-10-30-47(51)48-31-11-15-35-52(48)55)42-24-18-28-45(38-42)57(44-26-8-3-9-27-44)46-29-19-25-43(39-46)56(41-22-6-2-7-23-41)53-36-16-12-32-49(53)50-33-13-17-37-54(50)56/h1-39H/i3D,8D,9D,26D,27D. The van der Waals surface area contributed by atoms with Gasteiger partial charge in [0, 0.05) is 17.1 Å². The second kappa shape index (κ2) is 13.2. The number of para-hydroxylation sites is 1. The molecule has 0 N–H and O–H groups in total. The van der Waals surface area contributed by atoms with Crippen molar-refractivity contribution in [2.24, 2.45) is 0 Å². The maximum absolute atomic E-state index is 9.42. The van der Waals surface area contributed by atoms with E-state index in [2.05, 4.69) is 170 Å². The summed E-state index contributed by atoms with van der Waals surface area (Å²) in [5.74, 6) is 0. The van der Waals surface area contributed by atoms with Gasteiger partial charge in [-0.2, -0.15) is 0 Å². The molecule has 9 aromatic rings. The van der Waals surface area contributed by atoms with E-state index in [1.807, 2.05) is 41.3 Å². The summed E-state index contributed by atoms with van der Waals surface area (Å²) >= 11 is 0. The second-order valence-electron chi connectivity index (χ2n) is 14.8. The number of nitrogens with zero attached hydrogens (tertiary/aromatic N) is 1. The van der Waals surface area contributed by atoms with E-state index in [1.54, 1.807) is 0 Å². The monoisotopic (exact) mass is 730 g/mol. The molecular weight excluding hydrogens is 687 g/mol. The first-order chi connectivity index (χ1) is 30.4. The Morgan fingerprint density at radius 2 is 0.632 bits per heavy atom. The molecule has 57 heavy (non-hydrogen) atoms. The van der Waals surface area contributed by atoms with Gasteiger partial charge >= 0.3 is 0 Å². The average molecular weight is 731 g/mol. The Kier molecular flexibility index (Phi) is 6.55. The van der Waals surface area contributed by atoms with Crippen LogP contribution in [0.15, 0.2) is 236 Å². The van der Waals surface area contributed by atoms with Gasteiger partial charge in [0.15, 0.2) is 0 Å². The molecule has 0 radical (unpaired) electrons. The fourth-order valence-electron chi connectivity index (χ4n) is 9.94. The summed E-state index contributed by atoms with van der Waals surface area (Å²) in [5.41, 5.74) is 13.4. The van der Waals surface area contributed by atoms with Crippen molar-refractivity contribution < 1.29 is 6.85 Å². The lowest BCUT2D eigenvalue weighted by Gasteiger charge is -2.36. The van der Waals surface area contributed by atoms with Crippen molar-refractivity contribution in [3.63, 3.8) is 0 Å². The van der Waals surface area contributed by atoms with E-state index in [0.29, 0.717) is 11.4 Å². The Balaban J connectivity index is 1.21. The summed E-state index contributed by atoms with van der Waals surface area (Å²) in [6.07, 6.45) is 0. The summed E-state index contributed by atoms with van der Waals surface area (Å²) in [6, 6.07) is 70.3. The topological polar surface area (TPSA) is 3.24 Å². The van der Waals surface area contributed by atoms with Crippen molar-refractivity contribution in [3.05, 3.63) is 281 Å². The lowest BCUT2D eigenvalue weighted by atomic mass is 9.67. The quantitative estimate of drug-likeness (QED) is 0.158. The molecule has 11 rings (SSSR count). The molecule has 0 amide bonds. The van der Waals surface area contributed by atoms with Crippen molar-refractivity contribution in [2.75, 3.05) is 4.90 Å². The maximum atomic E-state index is 9.42. The van der Waals surface area contributed by atoms with Crippen LogP contribution in [-0.2, 0) is 10.8 Å². The fourth-order valence-corrected chi connectivity index (χ4v) is 9.94. The number of benzene rings is 9. The van der Waals surface area contributed by atoms with E-state index in [-0.39, 0.29) is 17.8 Å². The van der Waals surface area contributed by atoms with E-state index in [9.17, 15) is 2.74 Å². The molecule has 268 valence electrons. The Morgan fingerprint density at radius 1 is 0.298 bits per heavy atom. The summed E-state index contributed by atoms with van der Waals surface area (Å²) in [4.78, 5) is 1.87. The van der Waals surface area contributed by atoms with Crippen LogP contribution in [0.5, 0.6) is 0 Å².